The summed E-state index contributed by atoms with van der Waals surface area (Å²) in [4.78, 5) is 0. The Morgan fingerprint density at radius 3 is 2.40 bits per heavy atom. The van der Waals surface area contributed by atoms with Crippen molar-refractivity contribution in [3.63, 3.8) is 0 Å². The molecule has 4 N–H and O–H groups in total. The Morgan fingerprint density at radius 1 is 1.20 bits per heavy atom. The molecular weight excluding hydrogens is 124 g/mol. The predicted molar refractivity (Wildman–Crippen MR) is 43.2 cm³/mol. The van der Waals surface area contributed by atoms with Crippen LogP contribution in [-0.2, 0) is 0 Å². The maximum absolute atomic E-state index is 5.44. The molecule has 0 atom stereocenters. The van der Waals surface area contributed by atoms with Crippen molar-refractivity contribution in [3.05, 3.63) is 29.7 Å². The summed E-state index contributed by atoms with van der Waals surface area (Å²) < 4.78 is 0. The van der Waals surface area contributed by atoms with Gasteiger partial charge in [0.05, 0.1) is 0 Å². The number of allylic oxidation sites excluding steroid dienone is 1. The van der Waals surface area contributed by atoms with Gasteiger partial charge in [-0.1, -0.05) is 18.2 Å². The molecule has 2 nitrogen and oxygen atoms in total. The van der Waals surface area contributed by atoms with E-state index in [2.05, 4.69) is 12.2 Å². The van der Waals surface area contributed by atoms with Crippen LogP contribution in [0.4, 0.5) is 0 Å². The fourth-order valence-electron chi connectivity index (χ4n) is 0.926. The minimum atomic E-state index is 0.633. The van der Waals surface area contributed by atoms with E-state index in [1.165, 1.54) is 11.5 Å². The molecule has 1 rings (SSSR count). The first-order valence-electron chi connectivity index (χ1n) is 3.48. The van der Waals surface area contributed by atoms with E-state index in [0.717, 1.165) is 6.42 Å². The Kier molecular flexibility index (Phi) is 2.66. The second kappa shape index (κ2) is 3.54. The monoisotopic (exact) mass is 137 g/mol. The van der Waals surface area contributed by atoms with Gasteiger partial charge in [-0.2, -0.15) is 0 Å². The summed E-state index contributed by atoms with van der Waals surface area (Å²) in [5.41, 5.74) is 12.1. The van der Waals surface area contributed by atoms with Crippen molar-refractivity contribution in [1.82, 2.24) is 0 Å². The van der Waals surface area contributed by atoms with Gasteiger partial charge in [-0.15, -0.1) is 0 Å². The molecule has 0 aromatic heterocycles. The molecule has 10 heavy (non-hydrogen) atoms. The Morgan fingerprint density at radius 2 is 2.00 bits per heavy atom. The van der Waals surface area contributed by atoms with Gasteiger partial charge in [0.15, 0.2) is 0 Å². The number of rotatable bonds is 2. The van der Waals surface area contributed by atoms with Crippen LogP contribution in [-0.4, -0.2) is 13.1 Å². The van der Waals surface area contributed by atoms with Gasteiger partial charge in [-0.05, 0) is 12.0 Å². The van der Waals surface area contributed by atoms with E-state index in [1.54, 1.807) is 0 Å². The Hall–Kier alpha value is -0.600. The van der Waals surface area contributed by atoms with Gasteiger partial charge in [-0.3, -0.25) is 0 Å². The van der Waals surface area contributed by atoms with Crippen LogP contribution in [0.15, 0.2) is 23.8 Å². The summed E-state index contributed by atoms with van der Waals surface area (Å²) in [6.07, 6.45) is 7.19. The van der Waals surface area contributed by atoms with Crippen molar-refractivity contribution in [2.75, 3.05) is 13.1 Å². The van der Waals surface area contributed by atoms with Crippen LogP contribution in [0.25, 0.3) is 0 Å². The summed E-state index contributed by atoms with van der Waals surface area (Å²) in [6, 6.07) is 0. The SMILES string of the molecule is NC[C]1C=CC(CN)=CC1. The number of nitrogens with two attached hydrogens (primary N) is 2. The van der Waals surface area contributed by atoms with Crippen molar-refractivity contribution < 1.29 is 0 Å². The first-order chi connectivity index (χ1) is 4.86. The molecule has 2 heteroatoms. The van der Waals surface area contributed by atoms with E-state index in [4.69, 9.17) is 11.5 Å². The van der Waals surface area contributed by atoms with E-state index in [9.17, 15) is 0 Å². The van der Waals surface area contributed by atoms with Crippen LogP contribution in [0.2, 0.25) is 0 Å². The van der Waals surface area contributed by atoms with Gasteiger partial charge in [-0.25, -0.2) is 0 Å². The lowest BCUT2D eigenvalue weighted by Gasteiger charge is -2.11. The zero-order valence-corrected chi connectivity index (χ0v) is 6.01. The average molecular weight is 137 g/mol. The fourth-order valence-corrected chi connectivity index (χ4v) is 0.926. The van der Waals surface area contributed by atoms with Crippen LogP contribution < -0.4 is 11.5 Å². The molecule has 55 valence electrons. The Bertz CT molecular complexity index is 159. The van der Waals surface area contributed by atoms with Crippen molar-refractivity contribution in [1.29, 1.82) is 0 Å². The summed E-state index contributed by atoms with van der Waals surface area (Å²) in [5.74, 6) is 1.28. The van der Waals surface area contributed by atoms with Gasteiger partial charge >= 0.3 is 0 Å². The molecule has 0 aromatic carbocycles. The fraction of sp³-hybridized carbons (Fsp3) is 0.375. The summed E-state index contributed by atoms with van der Waals surface area (Å²) in [6.45, 7) is 1.29. The normalized spacial score (nSPS) is 19.2. The lowest BCUT2D eigenvalue weighted by molar-refractivity contribution is 0.930. The molecule has 0 saturated carbocycles. The molecule has 1 aliphatic rings. The molecule has 1 radical (unpaired) electrons. The summed E-state index contributed by atoms with van der Waals surface area (Å²) >= 11 is 0. The number of hydrogen-bond acceptors (Lipinski definition) is 2. The lowest BCUT2D eigenvalue weighted by atomic mass is 9.97. The molecule has 0 aromatic rings. The Balaban J connectivity index is 2.46. The van der Waals surface area contributed by atoms with Gasteiger partial charge in [0.2, 0.25) is 0 Å². The molecule has 0 spiro atoms. The van der Waals surface area contributed by atoms with Crippen LogP contribution in [0.5, 0.6) is 0 Å². The molecule has 0 amide bonds. The van der Waals surface area contributed by atoms with Gasteiger partial charge in [0.1, 0.15) is 0 Å². The van der Waals surface area contributed by atoms with E-state index >= 15 is 0 Å². The molecule has 0 unspecified atom stereocenters. The topological polar surface area (TPSA) is 52.0 Å². The third kappa shape index (κ3) is 1.69. The second-order valence-corrected chi connectivity index (χ2v) is 2.38. The minimum Gasteiger partial charge on any atom is -0.330 e. The van der Waals surface area contributed by atoms with Crippen molar-refractivity contribution in [2.45, 2.75) is 6.42 Å². The third-order valence-electron chi connectivity index (χ3n) is 1.66. The summed E-state index contributed by atoms with van der Waals surface area (Å²) in [7, 11) is 0. The maximum Gasteiger partial charge on any atom is 0.0174 e. The molecule has 0 bridgehead atoms. The Labute approximate surface area is 61.6 Å². The highest BCUT2D eigenvalue weighted by atomic mass is 14.5. The first kappa shape index (κ1) is 7.51. The van der Waals surface area contributed by atoms with E-state index in [0.29, 0.717) is 13.1 Å². The molecule has 0 saturated heterocycles. The number of hydrogen-bond donors (Lipinski definition) is 2. The quantitative estimate of drug-likeness (QED) is 0.577. The van der Waals surface area contributed by atoms with Gasteiger partial charge in [0.25, 0.3) is 0 Å². The van der Waals surface area contributed by atoms with Crippen molar-refractivity contribution in [3.8, 4) is 0 Å². The van der Waals surface area contributed by atoms with Crippen LogP contribution in [0, 0.1) is 5.92 Å². The zero-order valence-electron chi connectivity index (χ0n) is 6.01. The average Bonchev–Trinajstić information content (AvgIpc) is 2.05. The second-order valence-electron chi connectivity index (χ2n) is 2.38. The first-order valence-corrected chi connectivity index (χ1v) is 3.48. The standard InChI is InChI=1S/C8H13N2/c9-5-7-1-2-8(6-10)4-3-7/h1-3H,4-6,9-10H2. The van der Waals surface area contributed by atoms with Crippen molar-refractivity contribution >= 4 is 0 Å². The van der Waals surface area contributed by atoms with Gasteiger partial charge < -0.3 is 11.5 Å². The zero-order chi connectivity index (χ0) is 7.40. The maximum atomic E-state index is 5.44. The molecule has 0 aliphatic heterocycles. The van der Waals surface area contributed by atoms with E-state index in [-0.39, 0.29) is 0 Å². The minimum absolute atomic E-state index is 0.633. The predicted octanol–water partition coefficient (Wildman–Crippen LogP) is 0.365. The van der Waals surface area contributed by atoms with Crippen LogP contribution in [0.1, 0.15) is 6.42 Å². The largest absolute Gasteiger partial charge is 0.330 e. The lowest BCUT2D eigenvalue weighted by Crippen LogP contribution is -2.12. The third-order valence-corrected chi connectivity index (χ3v) is 1.66. The highest BCUT2D eigenvalue weighted by Gasteiger charge is 2.05. The molecule has 0 fully saturated rings. The molecular formula is C8H13N2. The van der Waals surface area contributed by atoms with Crippen LogP contribution in [0.3, 0.4) is 0 Å². The molecule has 0 heterocycles. The summed E-state index contributed by atoms with van der Waals surface area (Å²) in [5, 5.41) is 0. The highest BCUT2D eigenvalue weighted by molar-refractivity contribution is 5.32. The molecule has 1 aliphatic carbocycles. The van der Waals surface area contributed by atoms with E-state index < -0.39 is 0 Å². The van der Waals surface area contributed by atoms with Crippen molar-refractivity contribution in [2.24, 2.45) is 11.5 Å². The van der Waals surface area contributed by atoms with E-state index in [1.807, 2.05) is 6.08 Å². The highest BCUT2D eigenvalue weighted by Crippen LogP contribution is 2.15. The smallest absolute Gasteiger partial charge is 0.0174 e. The van der Waals surface area contributed by atoms with Gasteiger partial charge in [0, 0.05) is 19.0 Å². The van der Waals surface area contributed by atoms with Crippen LogP contribution >= 0.6 is 0 Å².